The Labute approximate surface area is 279 Å². The first-order valence-corrected chi connectivity index (χ1v) is 16.6. The van der Waals surface area contributed by atoms with Crippen LogP contribution in [-0.4, -0.2) is 58.5 Å². The number of nitrogens with zero attached hydrogens (tertiary/aromatic N) is 2. The fourth-order valence-corrected chi connectivity index (χ4v) is 6.80. The van der Waals surface area contributed by atoms with E-state index in [9.17, 15) is 18.0 Å². The number of carbonyl (C=O) groups excluding carboxylic acids is 2. The van der Waals surface area contributed by atoms with Gasteiger partial charge in [-0.2, -0.15) is 0 Å². The summed E-state index contributed by atoms with van der Waals surface area (Å²) < 4.78 is 40.1. The molecule has 1 atom stereocenters. The van der Waals surface area contributed by atoms with Crippen LogP contribution in [0.5, 0.6) is 11.5 Å². The van der Waals surface area contributed by atoms with E-state index in [-0.39, 0.29) is 29.3 Å². The highest BCUT2D eigenvalue weighted by atomic mass is 35.5. The summed E-state index contributed by atoms with van der Waals surface area (Å²) in [7, 11) is -1.39. The van der Waals surface area contributed by atoms with Crippen LogP contribution in [0, 0.1) is 0 Å². The van der Waals surface area contributed by atoms with Gasteiger partial charge in [-0.15, -0.1) is 0 Å². The van der Waals surface area contributed by atoms with Crippen LogP contribution in [0.2, 0.25) is 10.0 Å². The minimum atomic E-state index is -4.28. The average Bonchev–Trinajstić information content (AvgIpc) is 3.06. The first kappa shape index (κ1) is 34.6. The minimum absolute atomic E-state index is 0.0190. The van der Waals surface area contributed by atoms with Crippen LogP contribution in [0.15, 0.2) is 102 Å². The van der Waals surface area contributed by atoms with Crippen molar-refractivity contribution in [2.75, 3.05) is 31.6 Å². The monoisotopic (exact) mass is 683 g/mol. The number of carbonyl (C=O) groups is 2. The molecule has 4 rings (SSSR count). The van der Waals surface area contributed by atoms with E-state index in [0.29, 0.717) is 27.9 Å². The summed E-state index contributed by atoms with van der Waals surface area (Å²) in [5, 5.41) is 3.54. The number of halogens is 2. The number of rotatable bonds is 14. The number of methoxy groups -OCH3 is 2. The molecule has 0 saturated carbocycles. The number of amides is 2. The highest BCUT2D eigenvalue weighted by Crippen LogP contribution is 2.34. The topological polar surface area (TPSA) is 105 Å². The Morgan fingerprint density at radius 1 is 0.848 bits per heavy atom. The number of hydrogen-bond donors (Lipinski definition) is 1. The Kier molecular flexibility index (Phi) is 11.9. The molecule has 1 unspecified atom stereocenters. The van der Waals surface area contributed by atoms with E-state index in [2.05, 4.69) is 5.32 Å². The molecule has 0 saturated heterocycles. The Morgan fingerprint density at radius 3 is 2.11 bits per heavy atom. The van der Waals surface area contributed by atoms with E-state index in [0.717, 1.165) is 9.87 Å². The fourth-order valence-electron chi connectivity index (χ4n) is 4.91. The first-order valence-electron chi connectivity index (χ1n) is 14.4. The van der Waals surface area contributed by atoms with E-state index < -0.39 is 34.4 Å². The molecule has 0 aliphatic rings. The van der Waals surface area contributed by atoms with E-state index in [1.807, 2.05) is 30.3 Å². The van der Waals surface area contributed by atoms with Gasteiger partial charge in [0.15, 0.2) is 11.5 Å². The molecule has 46 heavy (non-hydrogen) atoms. The normalized spacial score (nSPS) is 11.8. The van der Waals surface area contributed by atoms with Crippen LogP contribution in [0.1, 0.15) is 18.1 Å². The molecule has 0 aromatic heterocycles. The molecule has 0 fully saturated rings. The molecule has 0 bridgehead atoms. The molecule has 4 aromatic carbocycles. The third-order valence-electron chi connectivity index (χ3n) is 7.24. The number of sulfonamides is 1. The molecule has 1 N–H and O–H groups in total. The molecule has 0 aliphatic heterocycles. The zero-order valence-electron chi connectivity index (χ0n) is 25.7. The standard InChI is InChI=1S/C34H35Cl2N3O6S/c1-4-37-34(41)30(19-24-11-7-5-8-12-24)38(22-25-15-16-26(35)20-29(25)36)33(40)23-39(46(42,43)28-13-9-6-10-14-28)27-17-18-31(44-2)32(21-27)45-3/h5-18,20-21,30H,4,19,22-23H2,1-3H3,(H,37,41). The maximum Gasteiger partial charge on any atom is 0.264 e. The van der Waals surface area contributed by atoms with Crippen molar-refractivity contribution in [1.29, 1.82) is 0 Å². The summed E-state index contributed by atoms with van der Waals surface area (Å²) in [6.07, 6.45) is 0.172. The van der Waals surface area contributed by atoms with E-state index in [1.54, 1.807) is 49.4 Å². The molecule has 4 aromatic rings. The third-order valence-corrected chi connectivity index (χ3v) is 9.62. The Morgan fingerprint density at radius 2 is 1.50 bits per heavy atom. The first-order chi connectivity index (χ1) is 22.1. The number of ether oxygens (including phenoxy) is 2. The smallest absolute Gasteiger partial charge is 0.264 e. The molecule has 0 radical (unpaired) electrons. The minimum Gasteiger partial charge on any atom is -0.493 e. The summed E-state index contributed by atoms with van der Waals surface area (Å²) in [6.45, 7) is 1.39. The summed E-state index contributed by atoms with van der Waals surface area (Å²) in [5.74, 6) is -0.372. The number of anilines is 1. The molecular formula is C34H35Cl2N3O6S. The summed E-state index contributed by atoms with van der Waals surface area (Å²) >= 11 is 12.7. The maximum absolute atomic E-state index is 14.5. The Hall–Kier alpha value is -4.25. The van der Waals surface area contributed by atoms with E-state index in [1.165, 1.54) is 43.4 Å². The van der Waals surface area contributed by atoms with Gasteiger partial charge >= 0.3 is 0 Å². The van der Waals surface area contributed by atoms with Gasteiger partial charge in [-0.3, -0.25) is 13.9 Å². The maximum atomic E-state index is 14.5. The van der Waals surface area contributed by atoms with Crippen molar-refractivity contribution in [2.24, 2.45) is 0 Å². The van der Waals surface area contributed by atoms with Gasteiger partial charge in [0.2, 0.25) is 11.8 Å². The summed E-state index contributed by atoms with van der Waals surface area (Å²) in [6, 6.07) is 25.5. The molecule has 12 heteroatoms. The molecule has 9 nitrogen and oxygen atoms in total. The largest absolute Gasteiger partial charge is 0.493 e. The van der Waals surface area contributed by atoms with Crippen molar-refractivity contribution in [3.8, 4) is 11.5 Å². The molecule has 0 spiro atoms. The van der Waals surface area contributed by atoms with Crippen molar-refractivity contribution in [2.45, 2.75) is 30.8 Å². The van der Waals surface area contributed by atoms with Gasteiger partial charge in [-0.1, -0.05) is 77.8 Å². The van der Waals surface area contributed by atoms with Crippen molar-refractivity contribution < 1.29 is 27.5 Å². The lowest BCUT2D eigenvalue weighted by molar-refractivity contribution is -0.140. The highest BCUT2D eigenvalue weighted by molar-refractivity contribution is 7.92. The van der Waals surface area contributed by atoms with Crippen molar-refractivity contribution in [3.63, 3.8) is 0 Å². The number of hydrogen-bond acceptors (Lipinski definition) is 6. The van der Waals surface area contributed by atoms with Crippen LogP contribution in [0.4, 0.5) is 5.69 Å². The van der Waals surface area contributed by atoms with Gasteiger partial charge < -0.3 is 19.7 Å². The highest BCUT2D eigenvalue weighted by Gasteiger charge is 2.35. The van der Waals surface area contributed by atoms with E-state index >= 15 is 0 Å². The van der Waals surface area contributed by atoms with E-state index in [4.69, 9.17) is 32.7 Å². The van der Waals surface area contributed by atoms with Crippen LogP contribution in [0.25, 0.3) is 0 Å². The summed E-state index contributed by atoms with van der Waals surface area (Å²) in [4.78, 5) is 29.5. The lowest BCUT2D eigenvalue weighted by Crippen LogP contribution is -2.53. The average molecular weight is 685 g/mol. The van der Waals surface area contributed by atoms with Gasteiger partial charge in [-0.25, -0.2) is 8.42 Å². The number of benzene rings is 4. The molecular weight excluding hydrogens is 649 g/mol. The summed E-state index contributed by atoms with van der Waals surface area (Å²) in [5.41, 5.74) is 1.51. The Balaban J connectivity index is 1.84. The molecule has 2 amide bonds. The van der Waals surface area contributed by atoms with Crippen LogP contribution < -0.4 is 19.1 Å². The number of likely N-dealkylation sites (N-methyl/N-ethyl adjacent to an activating group) is 1. The second kappa shape index (κ2) is 15.8. The molecule has 0 heterocycles. The zero-order chi connectivity index (χ0) is 33.3. The van der Waals surface area contributed by atoms with Crippen LogP contribution in [0.3, 0.4) is 0 Å². The van der Waals surface area contributed by atoms with Crippen molar-refractivity contribution in [3.05, 3.63) is 118 Å². The second-order valence-electron chi connectivity index (χ2n) is 10.2. The molecule has 242 valence electrons. The van der Waals surface area contributed by atoms with Crippen LogP contribution >= 0.6 is 23.2 Å². The zero-order valence-corrected chi connectivity index (χ0v) is 28.0. The van der Waals surface area contributed by atoms with Gasteiger partial charge in [0, 0.05) is 35.6 Å². The SMILES string of the molecule is CCNC(=O)C(Cc1ccccc1)N(Cc1ccc(Cl)cc1Cl)C(=O)CN(c1ccc(OC)c(OC)c1)S(=O)(=O)c1ccccc1. The molecule has 0 aliphatic carbocycles. The van der Waals surface area contributed by atoms with Gasteiger partial charge in [0.05, 0.1) is 24.8 Å². The van der Waals surface area contributed by atoms with Gasteiger partial charge in [0.25, 0.3) is 10.0 Å². The fraction of sp³-hybridized carbons (Fsp3) is 0.235. The predicted molar refractivity (Wildman–Crippen MR) is 180 cm³/mol. The van der Waals surface area contributed by atoms with Gasteiger partial charge in [-0.05, 0) is 54.4 Å². The third kappa shape index (κ3) is 8.31. The van der Waals surface area contributed by atoms with Crippen molar-refractivity contribution in [1.82, 2.24) is 10.2 Å². The lowest BCUT2D eigenvalue weighted by atomic mass is 10.0. The predicted octanol–water partition coefficient (Wildman–Crippen LogP) is 5.98. The quantitative estimate of drug-likeness (QED) is 0.175. The second-order valence-corrected chi connectivity index (χ2v) is 12.9. The van der Waals surface area contributed by atoms with Gasteiger partial charge in [0.1, 0.15) is 12.6 Å². The van der Waals surface area contributed by atoms with Crippen molar-refractivity contribution >= 4 is 50.7 Å². The lowest BCUT2D eigenvalue weighted by Gasteiger charge is -2.34. The van der Waals surface area contributed by atoms with Crippen LogP contribution in [-0.2, 0) is 32.6 Å². The number of nitrogens with one attached hydrogen (secondary N) is 1. The Bertz CT molecular complexity index is 1760.